The Morgan fingerprint density at radius 1 is 0.967 bits per heavy atom. The zero-order chi connectivity index (χ0) is 21.1. The second-order valence-electron chi connectivity index (χ2n) is 8.35. The zero-order valence-corrected chi connectivity index (χ0v) is 17.2. The predicted octanol–water partition coefficient (Wildman–Crippen LogP) is 3.46. The molecule has 0 bridgehead atoms. The first-order valence-corrected chi connectivity index (χ1v) is 10.9. The van der Waals surface area contributed by atoms with Crippen LogP contribution in [-0.2, 0) is 4.79 Å². The lowest BCUT2D eigenvalue weighted by atomic mass is 9.86. The summed E-state index contributed by atoms with van der Waals surface area (Å²) in [4.78, 5) is 35.6. The predicted molar refractivity (Wildman–Crippen MR) is 115 cm³/mol. The fourth-order valence-corrected chi connectivity index (χ4v) is 4.76. The van der Waals surface area contributed by atoms with Crippen LogP contribution in [0.4, 0.5) is 5.95 Å². The number of aromatic nitrogens is 2. The maximum Gasteiger partial charge on any atom is 0.248 e. The molecule has 1 saturated carbocycles. The van der Waals surface area contributed by atoms with E-state index in [1.807, 2.05) is 17.0 Å². The van der Waals surface area contributed by atoms with E-state index in [9.17, 15) is 9.59 Å². The number of nitrogens with two attached hydrogens (primary N) is 2. The number of nitrogen functional groups attached to an aromatic ring is 1. The number of carbonyl (C=O) groups is 2. The van der Waals surface area contributed by atoms with Crippen LogP contribution in [0.15, 0.2) is 30.5 Å². The van der Waals surface area contributed by atoms with Crippen molar-refractivity contribution in [2.24, 2.45) is 11.7 Å². The summed E-state index contributed by atoms with van der Waals surface area (Å²) in [6, 6.07) is 6.97. The van der Waals surface area contributed by atoms with E-state index in [0.29, 0.717) is 5.56 Å². The van der Waals surface area contributed by atoms with Gasteiger partial charge in [0.15, 0.2) is 0 Å². The molecule has 1 aliphatic heterocycles. The van der Waals surface area contributed by atoms with E-state index in [1.165, 1.54) is 6.42 Å². The average Bonchev–Trinajstić information content (AvgIpc) is 2.79. The summed E-state index contributed by atoms with van der Waals surface area (Å²) in [7, 11) is 0. The van der Waals surface area contributed by atoms with Crippen molar-refractivity contribution < 1.29 is 9.59 Å². The number of nitrogens with zero attached hydrogens (tertiary/aromatic N) is 3. The van der Waals surface area contributed by atoms with Crippen LogP contribution in [0.3, 0.4) is 0 Å². The lowest BCUT2D eigenvalue weighted by Crippen LogP contribution is -2.43. The third-order valence-corrected chi connectivity index (χ3v) is 6.37. The second-order valence-corrected chi connectivity index (χ2v) is 8.35. The SMILES string of the molecule is NC(=O)c1ccc(-c2cnc(N)nc2C2CCCCN2C(=O)C2CCCCC2)cc1. The number of primary amides is 1. The highest BCUT2D eigenvalue weighted by Crippen LogP contribution is 2.38. The molecule has 7 heteroatoms. The molecule has 4 rings (SSSR count). The molecule has 2 fully saturated rings. The molecular formula is C23H29N5O2. The van der Waals surface area contributed by atoms with Crippen LogP contribution < -0.4 is 11.5 Å². The number of carbonyl (C=O) groups excluding carboxylic acids is 2. The standard InChI is InChI=1S/C23H29N5O2/c24-21(29)16-11-9-15(10-12-16)18-14-26-23(25)27-20(18)19-8-4-5-13-28(19)22(30)17-6-2-1-3-7-17/h9-12,14,17,19H,1-8,13H2,(H2,24,29)(H2,25,26,27). The molecule has 30 heavy (non-hydrogen) atoms. The topological polar surface area (TPSA) is 115 Å². The zero-order valence-electron chi connectivity index (χ0n) is 17.2. The molecule has 2 aliphatic rings. The molecule has 1 aromatic carbocycles. The molecule has 158 valence electrons. The molecule has 4 N–H and O–H groups in total. The number of benzene rings is 1. The van der Waals surface area contributed by atoms with Gasteiger partial charge in [-0.05, 0) is 49.8 Å². The van der Waals surface area contributed by atoms with Crippen molar-refractivity contribution in [2.45, 2.75) is 57.4 Å². The van der Waals surface area contributed by atoms with Gasteiger partial charge in [0, 0.05) is 29.8 Å². The number of likely N-dealkylation sites (tertiary alicyclic amines) is 1. The maximum atomic E-state index is 13.4. The van der Waals surface area contributed by atoms with Gasteiger partial charge in [0.1, 0.15) is 0 Å². The van der Waals surface area contributed by atoms with Crippen molar-refractivity contribution in [3.8, 4) is 11.1 Å². The van der Waals surface area contributed by atoms with Crippen molar-refractivity contribution in [3.63, 3.8) is 0 Å². The summed E-state index contributed by atoms with van der Waals surface area (Å²) >= 11 is 0. The quantitative estimate of drug-likeness (QED) is 0.805. The van der Waals surface area contributed by atoms with E-state index in [2.05, 4.69) is 9.97 Å². The van der Waals surface area contributed by atoms with Crippen molar-refractivity contribution in [2.75, 3.05) is 12.3 Å². The molecule has 0 spiro atoms. The van der Waals surface area contributed by atoms with E-state index in [-0.39, 0.29) is 23.8 Å². The van der Waals surface area contributed by atoms with E-state index in [4.69, 9.17) is 11.5 Å². The molecular weight excluding hydrogens is 378 g/mol. The highest BCUT2D eigenvalue weighted by Gasteiger charge is 2.35. The monoisotopic (exact) mass is 407 g/mol. The highest BCUT2D eigenvalue weighted by molar-refractivity contribution is 5.93. The van der Waals surface area contributed by atoms with Crippen LogP contribution in [0, 0.1) is 5.92 Å². The first-order chi connectivity index (χ1) is 14.5. The lowest BCUT2D eigenvalue weighted by molar-refractivity contribution is -0.140. The number of amides is 2. The Hall–Kier alpha value is -2.96. The number of piperidine rings is 1. The van der Waals surface area contributed by atoms with Crippen molar-refractivity contribution in [3.05, 3.63) is 41.7 Å². The summed E-state index contributed by atoms with van der Waals surface area (Å²) < 4.78 is 0. The van der Waals surface area contributed by atoms with E-state index in [1.54, 1.807) is 18.3 Å². The van der Waals surface area contributed by atoms with Crippen LogP contribution in [0.1, 0.15) is 73.5 Å². The van der Waals surface area contributed by atoms with Gasteiger partial charge in [0.05, 0.1) is 11.7 Å². The minimum absolute atomic E-state index is 0.107. The molecule has 7 nitrogen and oxygen atoms in total. The number of rotatable bonds is 4. The molecule has 1 saturated heterocycles. The van der Waals surface area contributed by atoms with Crippen molar-refractivity contribution in [1.82, 2.24) is 14.9 Å². The molecule has 2 aromatic rings. The number of hydrogen-bond acceptors (Lipinski definition) is 5. The molecule has 2 amide bonds. The van der Waals surface area contributed by atoms with Crippen LogP contribution in [0.25, 0.3) is 11.1 Å². The first kappa shape index (κ1) is 20.3. The van der Waals surface area contributed by atoms with E-state index in [0.717, 1.165) is 68.3 Å². The van der Waals surface area contributed by atoms with Gasteiger partial charge in [-0.3, -0.25) is 9.59 Å². The van der Waals surface area contributed by atoms with Crippen molar-refractivity contribution in [1.29, 1.82) is 0 Å². The molecule has 1 aliphatic carbocycles. The Morgan fingerprint density at radius 3 is 2.37 bits per heavy atom. The van der Waals surface area contributed by atoms with Crippen LogP contribution >= 0.6 is 0 Å². The number of anilines is 1. The average molecular weight is 408 g/mol. The summed E-state index contributed by atoms with van der Waals surface area (Å²) in [6.45, 7) is 0.754. The summed E-state index contributed by atoms with van der Waals surface area (Å²) in [5.74, 6) is 0.119. The van der Waals surface area contributed by atoms with Gasteiger partial charge >= 0.3 is 0 Å². The van der Waals surface area contributed by atoms with Gasteiger partial charge in [0.25, 0.3) is 0 Å². The first-order valence-electron chi connectivity index (χ1n) is 10.9. The minimum Gasteiger partial charge on any atom is -0.368 e. The second kappa shape index (κ2) is 8.81. The van der Waals surface area contributed by atoms with Crippen LogP contribution in [0.2, 0.25) is 0 Å². The molecule has 1 aromatic heterocycles. The lowest BCUT2D eigenvalue weighted by Gasteiger charge is -2.39. The largest absolute Gasteiger partial charge is 0.368 e. The Labute approximate surface area is 176 Å². The van der Waals surface area contributed by atoms with Crippen LogP contribution in [0.5, 0.6) is 0 Å². The Morgan fingerprint density at radius 2 is 1.67 bits per heavy atom. The van der Waals surface area contributed by atoms with Crippen LogP contribution in [-0.4, -0.2) is 33.2 Å². The fourth-order valence-electron chi connectivity index (χ4n) is 4.76. The number of hydrogen-bond donors (Lipinski definition) is 2. The van der Waals surface area contributed by atoms with E-state index < -0.39 is 5.91 Å². The molecule has 1 atom stereocenters. The Kier molecular flexibility index (Phi) is 5.97. The summed E-state index contributed by atoms with van der Waals surface area (Å²) in [6.07, 6.45) is 10.1. The third-order valence-electron chi connectivity index (χ3n) is 6.37. The smallest absolute Gasteiger partial charge is 0.248 e. The normalized spacial score (nSPS) is 20.1. The van der Waals surface area contributed by atoms with Gasteiger partial charge < -0.3 is 16.4 Å². The molecule has 0 radical (unpaired) electrons. The Balaban J connectivity index is 1.69. The van der Waals surface area contributed by atoms with Gasteiger partial charge in [-0.2, -0.15) is 0 Å². The minimum atomic E-state index is -0.466. The maximum absolute atomic E-state index is 13.4. The Bertz CT molecular complexity index is 922. The van der Waals surface area contributed by atoms with Gasteiger partial charge in [-0.1, -0.05) is 31.4 Å². The van der Waals surface area contributed by atoms with Gasteiger partial charge in [-0.25, -0.2) is 9.97 Å². The fraction of sp³-hybridized carbons (Fsp3) is 0.478. The molecule has 1 unspecified atom stereocenters. The van der Waals surface area contributed by atoms with Crippen molar-refractivity contribution >= 4 is 17.8 Å². The van der Waals surface area contributed by atoms with E-state index >= 15 is 0 Å². The summed E-state index contributed by atoms with van der Waals surface area (Å²) in [5, 5.41) is 0. The summed E-state index contributed by atoms with van der Waals surface area (Å²) in [5.41, 5.74) is 14.3. The molecule has 2 heterocycles. The van der Waals surface area contributed by atoms with Gasteiger partial charge in [0.2, 0.25) is 17.8 Å². The highest BCUT2D eigenvalue weighted by atomic mass is 16.2. The van der Waals surface area contributed by atoms with Gasteiger partial charge in [-0.15, -0.1) is 0 Å². The third kappa shape index (κ3) is 4.15.